The van der Waals surface area contributed by atoms with Crippen LogP contribution in [-0.4, -0.2) is 67.0 Å². The van der Waals surface area contributed by atoms with Crippen molar-refractivity contribution in [2.45, 2.75) is 50.1 Å². The highest BCUT2D eigenvalue weighted by atomic mass is 16.5. The van der Waals surface area contributed by atoms with Crippen molar-refractivity contribution >= 4 is 11.8 Å². The second-order valence-corrected chi connectivity index (χ2v) is 6.42. The van der Waals surface area contributed by atoms with E-state index < -0.39 is 5.54 Å². The smallest absolute Gasteiger partial charge is 0.245 e. The van der Waals surface area contributed by atoms with Crippen LogP contribution in [0.4, 0.5) is 0 Å². The Kier molecular flexibility index (Phi) is 5.22. The molecule has 0 radical (unpaired) electrons. The lowest BCUT2D eigenvalue weighted by Gasteiger charge is -2.33. The SMILES string of the molecule is CN(CC(=O)N(C)C1CCCCC1)C(=O)C1(N)CCOC1. The molecule has 21 heavy (non-hydrogen) atoms. The molecule has 2 N–H and O–H groups in total. The van der Waals surface area contributed by atoms with Gasteiger partial charge < -0.3 is 20.3 Å². The van der Waals surface area contributed by atoms with Gasteiger partial charge >= 0.3 is 0 Å². The minimum atomic E-state index is -0.960. The van der Waals surface area contributed by atoms with Crippen LogP contribution in [0.2, 0.25) is 0 Å². The van der Waals surface area contributed by atoms with Crippen LogP contribution in [0.1, 0.15) is 38.5 Å². The van der Waals surface area contributed by atoms with E-state index in [4.69, 9.17) is 10.5 Å². The van der Waals surface area contributed by atoms with E-state index in [-0.39, 0.29) is 25.0 Å². The predicted octanol–water partition coefficient (Wildman–Crippen LogP) is 0.354. The summed E-state index contributed by atoms with van der Waals surface area (Å²) >= 11 is 0. The summed E-state index contributed by atoms with van der Waals surface area (Å²) in [7, 11) is 3.48. The Morgan fingerprint density at radius 1 is 1.24 bits per heavy atom. The molecule has 6 heteroatoms. The molecule has 1 unspecified atom stereocenters. The number of nitrogens with two attached hydrogens (primary N) is 1. The lowest BCUT2D eigenvalue weighted by molar-refractivity contribution is -0.143. The van der Waals surface area contributed by atoms with Crippen molar-refractivity contribution < 1.29 is 14.3 Å². The predicted molar refractivity (Wildman–Crippen MR) is 79.6 cm³/mol. The van der Waals surface area contributed by atoms with Crippen molar-refractivity contribution in [3.63, 3.8) is 0 Å². The first kappa shape index (κ1) is 16.2. The largest absolute Gasteiger partial charge is 0.379 e. The van der Waals surface area contributed by atoms with E-state index in [0.29, 0.717) is 19.1 Å². The molecule has 2 fully saturated rings. The summed E-state index contributed by atoms with van der Waals surface area (Å²) in [5.74, 6) is -0.217. The Labute approximate surface area is 126 Å². The first-order chi connectivity index (χ1) is 9.94. The summed E-state index contributed by atoms with van der Waals surface area (Å²) in [4.78, 5) is 27.9. The molecule has 0 aromatic heterocycles. The van der Waals surface area contributed by atoms with Crippen molar-refractivity contribution in [2.75, 3.05) is 33.9 Å². The van der Waals surface area contributed by atoms with Gasteiger partial charge in [0.05, 0.1) is 13.2 Å². The maximum absolute atomic E-state index is 12.4. The van der Waals surface area contributed by atoms with Crippen molar-refractivity contribution in [3.05, 3.63) is 0 Å². The highest BCUT2D eigenvalue weighted by Gasteiger charge is 2.40. The first-order valence-corrected chi connectivity index (χ1v) is 7.82. The highest BCUT2D eigenvalue weighted by molar-refractivity contribution is 5.90. The summed E-state index contributed by atoms with van der Waals surface area (Å²) in [5, 5.41) is 0. The third-order valence-corrected chi connectivity index (χ3v) is 4.71. The van der Waals surface area contributed by atoms with Crippen LogP contribution >= 0.6 is 0 Å². The van der Waals surface area contributed by atoms with Gasteiger partial charge in [-0.2, -0.15) is 0 Å². The first-order valence-electron chi connectivity index (χ1n) is 7.82. The molecule has 2 aliphatic rings. The molecule has 2 rings (SSSR count). The molecule has 2 amide bonds. The number of hydrogen-bond donors (Lipinski definition) is 1. The number of ether oxygens (including phenoxy) is 1. The minimum Gasteiger partial charge on any atom is -0.379 e. The summed E-state index contributed by atoms with van der Waals surface area (Å²) in [6.07, 6.45) is 6.26. The molecule has 1 saturated heterocycles. The number of carbonyl (C=O) groups is 2. The fraction of sp³-hybridized carbons (Fsp3) is 0.867. The fourth-order valence-electron chi connectivity index (χ4n) is 3.19. The minimum absolute atomic E-state index is 0.0136. The Morgan fingerprint density at radius 2 is 1.90 bits per heavy atom. The van der Waals surface area contributed by atoms with Gasteiger partial charge in [0.15, 0.2) is 0 Å². The third-order valence-electron chi connectivity index (χ3n) is 4.71. The van der Waals surface area contributed by atoms with Crippen LogP contribution in [0.15, 0.2) is 0 Å². The zero-order chi connectivity index (χ0) is 15.5. The molecule has 6 nitrogen and oxygen atoms in total. The summed E-state index contributed by atoms with van der Waals surface area (Å²) < 4.78 is 5.21. The number of hydrogen-bond acceptors (Lipinski definition) is 4. The van der Waals surface area contributed by atoms with E-state index in [2.05, 4.69) is 0 Å². The van der Waals surface area contributed by atoms with Crippen LogP contribution in [0.5, 0.6) is 0 Å². The van der Waals surface area contributed by atoms with Crippen LogP contribution in [0.25, 0.3) is 0 Å². The number of likely N-dealkylation sites (N-methyl/N-ethyl adjacent to an activating group) is 2. The van der Waals surface area contributed by atoms with E-state index >= 15 is 0 Å². The molecule has 1 aliphatic heterocycles. The van der Waals surface area contributed by atoms with Crippen LogP contribution in [-0.2, 0) is 14.3 Å². The summed E-state index contributed by atoms with van der Waals surface area (Å²) in [5.41, 5.74) is 5.10. The molecule has 0 bridgehead atoms. The lowest BCUT2D eigenvalue weighted by Crippen LogP contribution is -2.56. The zero-order valence-corrected chi connectivity index (χ0v) is 13.1. The van der Waals surface area contributed by atoms with Gasteiger partial charge in [-0.25, -0.2) is 0 Å². The average molecular weight is 297 g/mol. The normalized spacial score (nSPS) is 26.6. The number of rotatable bonds is 4. The van der Waals surface area contributed by atoms with Gasteiger partial charge in [0.25, 0.3) is 0 Å². The Balaban J connectivity index is 1.87. The second-order valence-electron chi connectivity index (χ2n) is 6.42. The molecule has 1 atom stereocenters. The van der Waals surface area contributed by atoms with Gasteiger partial charge in [-0.05, 0) is 19.3 Å². The maximum atomic E-state index is 12.4. The van der Waals surface area contributed by atoms with Gasteiger partial charge in [-0.15, -0.1) is 0 Å². The monoisotopic (exact) mass is 297 g/mol. The van der Waals surface area contributed by atoms with E-state index in [0.717, 1.165) is 12.8 Å². The topological polar surface area (TPSA) is 75.9 Å². The molecule has 1 heterocycles. The standard InChI is InChI=1S/C15H27N3O3/c1-17(14(20)15(16)8-9-21-11-15)10-13(19)18(2)12-6-4-3-5-7-12/h12H,3-11,16H2,1-2H3. The third kappa shape index (κ3) is 3.74. The molecule has 0 aromatic rings. The van der Waals surface area contributed by atoms with Crippen LogP contribution in [0.3, 0.4) is 0 Å². The molecular weight excluding hydrogens is 270 g/mol. The van der Waals surface area contributed by atoms with Gasteiger partial charge in [-0.1, -0.05) is 19.3 Å². The van der Waals surface area contributed by atoms with Crippen LogP contribution < -0.4 is 5.73 Å². The molecule has 1 saturated carbocycles. The quantitative estimate of drug-likeness (QED) is 0.812. The van der Waals surface area contributed by atoms with Gasteiger partial charge in [0, 0.05) is 26.7 Å². The highest BCUT2D eigenvalue weighted by Crippen LogP contribution is 2.22. The van der Waals surface area contributed by atoms with Gasteiger partial charge in [0.1, 0.15) is 5.54 Å². The van der Waals surface area contributed by atoms with Crippen molar-refractivity contribution in [2.24, 2.45) is 5.73 Å². The molecule has 1 aliphatic carbocycles. The Hall–Kier alpha value is -1.14. The van der Waals surface area contributed by atoms with E-state index in [9.17, 15) is 9.59 Å². The van der Waals surface area contributed by atoms with Gasteiger partial charge in [-0.3, -0.25) is 9.59 Å². The number of nitrogens with zero attached hydrogens (tertiary/aromatic N) is 2. The fourth-order valence-corrected chi connectivity index (χ4v) is 3.19. The van der Waals surface area contributed by atoms with Crippen molar-refractivity contribution in [1.82, 2.24) is 9.80 Å². The molecule has 120 valence electrons. The average Bonchev–Trinajstić information content (AvgIpc) is 2.94. The van der Waals surface area contributed by atoms with Crippen molar-refractivity contribution in [3.8, 4) is 0 Å². The Morgan fingerprint density at radius 3 is 2.48 bits per heavy atom. The summed E-state index contributed by atoms with van der Waals surface area (Å²) in [6, 6.07) is 0.316. The van der Waals surface area contributed by atoms with E-state index in [1.165, 1.54) is 24.2 Å². The van der Waals surface area contributed by atoms with E-state index in [1.54, 1.807) is 11.9 Å². The molecule has 0 spiro atoms. The number of carbonyl (C=O) groups excluding carboxylic acids is 2. The molecular formula is C15H27N3O3. The van der Waals surface area contributed by atoms with Crippen molar-refractivity contribution in [1.29, 1.82) is 0 Å². The summed E-state index contributed by atoms with van der Waals surface area (Å²) in [6.45, 7) is 0.833. The lowest BCUT2D eigenvalue weighted by atomic mass is 9.94. The van der Waals surface area contributed by atoms with Gasteiger partial charge in [0.2, 0.25) is 11.8 Å². The maximum Gasteiger partial charge on any atom is 0.245 e. The zero-order valence-electron chi connectivity index (χ0n) is 13.1. The second kappa shape index (κ2) is 6.75. The Bertz CT molecular complexity index is 388. The molecule has 0 aromatic carbocycles. The van der Waals surface area contributed by atoms with E-state index in [1.807, 2.05) is 7.05 Å². The number of amides is 2. The van der Waals surface area contributed by atoms with Crippen LogP contribution in [0, 0.1) is 0 Å².